The molecule has 0 heterocycles. The quantitative estimate of drug-likeness (QED) is 0.490. The van der Waals surface area contributed by atoms with Crippen LogP contribution >= 0.6 is 0 Å². The average Bonchev–Trinajstić information content (AvgIpc) is 2.98. The molecule has 2 rings (SSSR count). The van der Waals surface area contributed by atoms with Crippen LogP contribution in [0.15, 0.2) is 18.2 Å². The van der Waals surface area contributed by atoms with Gasteiger partial charge in [-0.3, -0.25) is 14.7 Å². The third kappa shape index (κ3) is 5.18. The Bertz CT molecular complexity index is 715. The molecular weight excluding hydrogens is 358 g/mol. The summed E-state index contributed by atoms with van der Waals surface area (Å²) in [5.74, 6) is -2.26. The summed E-state index contributed by atoms with van der Waals surface area (Å²) in [6.45, 7) is -0.169. The highest BCUT2D eigenvalue weighted by molar-refractivity contribution is 7.83. The van der Waals surface area contributed by atoms with E-state index < -0.39 is 39.5 Å². The highest BCUT2D eigenvalue weighted by Gasteiger charge is 2.42. The number of carbonyl (C=O) groups is 1. The number of methoxy groups -OCH3 is 1. The van der Waals surface area contributed by atoms with Crippen molar-refractivity contribution in [2.24, 2.45) is 0 Å². The van der Waals surface area contributed by atoms with Crippen LogP contribution in [0.25, 0.3) is 0 Å². The third-order valence-electron chi connectivity index (χ3n) is 4.26. The van der Waals surface area contributed by atoms with E-state index in [1.807, 2.05) is 4.72 Å². The summed E-state index contributed by atoms with van der Waals surface area (Å²) in [6.07, 6.45) is 2.56. The Labute approximate surface area is 144 Å². The van der Waals surface area contributed by atoms with Crippen molar-refractivity contribution in [3.05, 3.63) is 35.4 Å². The monoisotopic (exact) mass is 378 g/mol. The molecule has 1 unspecified atom stereocenters. The van der Waals surface area contributed by atoms with Crippen LogP contribution in [0.1, 0.15) is 37.3 Å². The van der Waals surface area contributed by atoms with Crippen molar-refractivity contribution in [2.45, 2.75) is 37.3 Å². The van der Waals surface area contributed by atoms with Gasteiger partial charge in [-0.1, -0.05) is 12.8 Å². The summed E-state index contributed by atoms with van der Waals surface area (Å²) >= 11 is 0. The van der Waals surface area contributed by atoms with Crippen LogP contribution in [0.3, 0.4) is 0 Å². The summed E-state index contributed by atoms with van der Waals surface area (Å²) in [4.78, 5) is 12.1. The second-order valence-corrected chi connectivity index (χ2v) is 7.20. The molecule has 1 aliphatic rings. The Morgan fingerprint density at radius 3 is 2.32 bits per heavy atom. The van der Waals surface area contributed by atoms with E-state index >= 15 is 0 Å². The van der Waals surface area contributed by atoms with Gasteiger partial charge in [-0.05, 0) is 30.5 Å². The molecule has 1 aromatic rings. The lowest BCUT2D eigenvalue weighted by Gasteiger charge is -2.30. The largest absolute Gasteiger partial charge is 0.468 e. The first-order chi connectivity index (χ1) is 11.6. The van der Waals surface area contributed by atoms with Crippen LogP contribution in [0.5, 0.6) is 0 Å². The van der Waals surface area contributed by atoms with E-state index in [0.717, 1.165) is 25.0 Å². The smallest absolute Gasteiger partial charge is 0.333 e. The fourth-order valence-corrected chi connectivity index (χ4v) is 3.69. The zero-order valence-corrected chi connectivity index (χ0v) is 14.4. The summed E-state index contributed by atoms with van der Waals surface area (Å²) in [5.41, 5.74) is -1.01. The van der Waals surface area contributed by atoms with Gasteiger partial charge >= 0.3 is 16.3 Å². The Kier molecular flexibility index (Phi) is 6.09. The Morgan fingerprint density at radius 1 is 1.28 bits per heavy atom. The van der Waals surface area contributed by atoms with Crippen LogP contribution in [0.2, 0.25) is 0 Å². The molecule has 0 bridgehead atoms. The molecule has 140 valence electrons. The summed E-state index contributed by atoms with van der Waals surface area (Å²) in [6, 6.07) is 1.37. The van der Waals surface area contributed by atoms with Gasteiger partial charge in [-0.25, -0.2) is 8.78 Å². The third-order valence-corrected chi connectivity index (χ3v) is 4.84. The van der Waals surface area contributed by atoms with Gasteiger partial charge in [-0.15, -0.1) is 0 Å². The van der Waals surface area contributed by atoms with Crippen LogP contribution < -0.4 is 10.0 Å². The lowest BCUT2D eigenvalue weighted by Crippen LogP contribution is -2.53. The Morgan fingerprint density at radius 2 is 1.84 bits per heavy atom. The number of carbonyl (C=O) groups excluding carboxylic acids is 1. The molecule has 10 heteroatoms. The van der Waals surface area contributed by atoms with Crippen molar-refractivity contribution in [1.82, 2.24) is 10.0 Å². The van der Waals surface area contributed by atoms with E-state index in [-0.39, 0.29) is 12.1 Å². The molecule has 0 saturated heterocycles. The van der Waals surface area contributed by atoms with Crippen molar-refractivity contribution in [3.8, 4) is 0 Å². The van der Waals surface area contributed by atoms with Crippen LogP contribution in [-0.2, 0) is 19.8 Å². The second-order valence-electron chi connectivity index (χ2n) is 6.01. The Hall–Kier alpha value is -1.62. The standard InChI is InChI=1S/C15H20F2N2O5S/c1-24-14(20)15(4-2-3-5-15)18-9-13(19-25(21,22)23)10-6-11(16)8-12(17)7-10/h6-8,13,18-19H,2-5,9H2,1H3,(H,21,22,23). The maximum atomic E-state index is 13.4. The number of hydrogen-bond acceptors (Lipinski definition) is 5. The maximum Gasteiger partial charge on any atom is 0.333 e. The predicted molar refractivity (Wildman–Crippen MR) is 85.0 cm³/mol. The van der Waals surface area contributed by atoms with Crippen molar-refractivity contribution in [3.63, 3.8) is 0 Å². The van der Waals surface area contributed by atoms with Crippen molar-refractivity contribution >= 4 is 16.3 Å². The normalized spacial score (nSPS) is 18.1. The molecule has 1 fully saturated rings. The van der Waals surface area contributed by atoms with E-state index in [9.17, 15) is 22.0 Å². The molecule has 0 amide bonds. The molecular formula is C15H20F2N2O5S. The molecule has 1 aliphatic carbocycles. The molecule has 3 N–H and O–H groups in total. The minimum Gasteiger partial charge on any atom is -0.468 e. The topological polar surface area (TPSA) is 105 Å². The number of benzene rings is 1. The average molecular weight is 378 g/mol. The molecule has 1 atom stereocenters. The fraction of sp³-hybridized carbons (Fsp3) is 0.533. The van der Waals surface area contributed by atoms with Crippen LogP contribution in [0.4, 0.5) is 8.78 Å². The number of esters is 1. The van der Waals surface area contributed by atoms with Crippen LogP contribution in [-0.4, -0.2) is 38.1 Å². The molecule has 7 nitrogen and oxygen atoms in total. The first kappa shape index (κ1) is 19.7. The molecule has 1 aromatic carbocycles. The van der Waals surface area contributed by atoms with E-state index in [0.29, 0.717) is 18.9 Å². The van der Waals surface area contributed by atoms with Crippen molar-refractivity contribution in [1.29, 1.82) is 0 Å². The minimum atomic E-state index is -4.64. The minimum absolute atomic E-state index is 0.0272. The number of ether oxygens (including phenoxy) is 1. The van der Waals surface area contributed by atoms with Gasteiger partial charge < -0.3 is 4.74 Å². The lowest BCUT2D eigenvalue weighted by molar-refractivity contribution is -0.148. The van der Waals surface area contributed by atoms with Crippen molar-refractivity contribution in [2.75, 3.05) is 13.7 Å². The van der Waals surface area contributed by atoms with Gasteiger partial charge in [0, 0.05) is 12.6 Å². The lowest BCUT2D eigenvalue weighted by atomic mass is 9.96. The highest BCUT2D eigenvalue weighted by atomic mass is 32.2. The number of nitrogens with one attached hydrogen (secondary N) is 2. The first-order valence-electron chi connectivity index (χ1n) is 7.69. The van der Waals surface area contributed by atoms with E-state index in [1.54, 1.807) is 0 Å². The fourth-order valence-electron chi connectivity index (χ4n) is 3.11. The zero-order chi connectivity index (χ0) is 18.7. The highest BCUT2D eigenvalue weighted by Crippen LogP contribution is 2.31. The molecule has 0 aromatic heterocycles. The molecule has 0 spiro atoms. The number of rotatable bonds is 7. The summed E-state index contributed by atoms with van der Waals surface area (Å²) < 4.78 is 65.0. The Balaban J connectivity index is 2.25. The van der Waals surface area contributed by atoms with Gasteiger partial charge in [0.1, 0.15) is 17.2 Å². The molecule has 0 aliphatic heterocycles. The molecule has 25 heavy (non-hydrogen) atoms. The van der Waals surface area contributed by atoms with E-state index in [2.05, 4.69) is 5.32 Å². The zero-order valence-electron chi connectivity index (χ0n) is 13.6. The maximum absolute atomic E-state index is 13.4. The number of halogens is 2. The first-order valence-corrected chi connectivity index (χ1v) is 9.13. The van der Waals surface area contributed by atoms with Gasteiger partial charge in [0.2, 0.25) is 0 Å². The van der Waals surface area contributed by atoms with Gasteiger partial charge in [0.05, 0.1) is 13.2 Å². The SMILES string of the molecule is COC(=O)C1(NCC(NS(=O)(=O)O)c2cc(F)cc(F)c2)CCCC1. The van der Waals surface area contributed by atoms with Gasteiger partial charge in [-0.2, -0.15) is 13.1 Å². The molecule has 0 radical (unpaired) electrons. The van der Waals surface area contributed by atoms with E-state index in [4.69, 9.17) is 9.29 Å². The van der Waals surface area contributed by atoms with E-state index in [1.165, 1.54) is 7.11 Å². The summed E-state index contributed by atoms with van der Waals surface area (Å²) in [5, 5.41) is 2.95. The predicted octanol–water partition coefficient (Wildman–Crippen LogP) is 1.47. The molecule has 1 saturated carbocycles. The number of hydrogen-bond donors (Lipinski definition) is 3. The summed E-state index contributed by atoms with van der Waals surface area (Å²) in [7, 11) is -3.39. The van der Waals surface area contributed by atoms with Gasteiger partial charge in [0.25, 0.3) is 0 Å². The van der Waals surface area contributed by atoms with Crippen LogP contribution in [0, 0.1) is 11.6 Å². The second kappa shape index (κ2) is 7.73. The van der Waals surface area contributed by atoms with Gasteiger partial charge in [0.15, 0.2) is 0 Å². The van der Waals surface area contributed by atoms with Crippen molar-refractivity contribution < 1.29 is 31.3 Å².